The van der Waals surface area contributed by atoms with Gasteiger partial charge in [0, 0.05) is 31.7 Å². The van der Waals surface area contributed by atoms with Gasteiger partial charge in [0.15, 0.2) is 0 Å². The van der Waals surface area contributed by atoms with E-state index in [9.17, 15) is 19.5 Å². The van der Waals surface area contributed by atoms with Crippen molar-refractivity contribution in [1.82, 2.24) is 0 Å². The summed E-state index contributed by atoms with van der Waals surface area (Å²) in [4.78, 5) is 33.1. The lowest BCUT2D eigenvalue weighted by atomic mass is 10.0. The molecule has 0 saturated carbocycles. The van der Waals surface area contributed by atoms with E-state index in [1.54, 1.807) is 0 Å². The monoisotopic (exact) mass is 595 g/mol. The van der Waals surface area contributed by atoms with E-state index in [1.807, 2.05) is 0 Å². The van der Waals surface area contributed by atoms with E-state index in [0.29, 0.717) is 43.4 Å². The van der Waals surface area contributed by atoms with Gasteiger partial charge in [0.1, 0.15) is 0 Å². The largest absolute Gasteiger partial charge is 0.550 e. The Bertz CT molecular complexity index is 643. The first kappa shape index (κ1) is 40.1. The summed E-state index contributed by atoms with van der Waals surface area (Å²) >= 11 is 0. The van der Waals surface area contributed by atoms with Crippen LogP contribution in [0.15, 0.2) is 12.2 Å². The maximum atomic E-state index is 11.1. The van der Waals surface area contributed by atoms with Gasteiger partial charge in [0.25, 0.3) is 0 Å². The van der Waals surface area contributed by atoms with Crippen LogP contribution in [0.1, 0.15) is 167 Å². The highest BCUT2D eigenvalue weighted by Crippen LogP contribution is 2.18. The molecule has 0 unspecified atom stereocenters. The fraction of sp³-hybridized carbons (Fsp3) is 0.857. The highest BCUT2D eigenvalue weighted by Gasteiger charge is 2.26. The molecule has 0 bridgehead atoms. The van der Waals surface area contributed by atoms with Crippen LogP contribution in [0, 0.1) is 0 Å². The molecule has 0 aliphatic heterocycles. The number of unbranched alkanes of at least 4 members (excludes halogenated alkanes) is 17. The zero-order valence-electron chi connectivity index (χ0n) is 27.1. The van der Waals surface area contributed by atoms with Gasteiger partial charge in [0.05, 0.1) is 39.0 Å². The summed E-state index contributed by atoms with van der Waals surface area (Å²) in [6.07, 6.45) is 31.0. The van der Waals surface area contributed by atoms with Gasteiger partial charge >= 0.3 is 11.9 Å². The van der Waals surface area contributed by atoms with Gasteiger partial charge in [-0.25, -0.2) is 0 Å². The third-order valence-corrected chi connectivity index (χ3v) is 8.45. The predicted molar refractivity (Wildman–Crippen MR) is 170 cm³/mol. The molecule has 0 aromatic heterocycles. The van der Waals surface area contributed by atoms with E-state index in [0.717, 1.165) is 25.8 Å². The average molecular weight is 596 g/mol. The molecule has 0 saturated heterocycles. The van der Waals surface area contributed by atoms with Crippen LogP contribution in [-0.4, -0.2) is 58.8 Å². The van der Waals surface area contributed by atoms with Gasteiger partial charge in [-0.3, -0.25) is 9.59 Å². The molecule has 0 atom stereocenters. The minimum atomic E-state index is -1.08. The van der Waals surface area contributed by atoms with Crippen molar-refractivity contribution in [2.45, 2.75) is 167 Å². The molecule has 0 rings (SSSR count). The van der Waals surface area contributed by atoms with E-state index in [2.05, 4.69) is 19.1 Å². The Morgan fingerprint density at radius 2 is 0.833 bits per heavy atom. The number of rotatable bonds is 33. The Morgan fingerprint density at radius 1 is 0.500 bits per heavy atom. The summed E-state index contributed by atoms with van der Waals surface area (Å²) in [7, 11) is 0. The second-order valence-electron chi connectivity index (χ2n) is 12.4. The van der Waals surface area contributed by atoms with E-state index in [1.165, 1.54) is 103 Å². The maximum absolute atomic E-state index is 11.1. The molecule has 0 aliphatic carbocycles. The number of nitrogens with zero attached hydrogens (tertiary/aromatic N) is 1. The van der Waals surface area contributed by atoms with Gasteiger partial charge in [-0.1, -0.05) is 115 Å². The second kappa shape index (κ2) is 29.2. The van der Waals surface area contributed by atoms with Crippen LogP contribution in [-0.2, 0) is 14.4 Å². The molecule has 0 spiro atoms. The van der Waals surface area contributed by atoms with Gasteiger partial charge in [-0.2, -0.15) is 0 Å². The summed E-state index contributed by atoms with van der Waals surface area (Å²) in [5.74, 6) is -2.77. The number of carboxylic acids is 3. The second-order valence-corrected chi connectivity index (χ2v) is 12.4. The van der Waals surface area contributed by atoms with E-state index in [4.69, 9.17) is 10.2 Å². The summed E-state index contributed by atoms with van der Waals surface area (Å²) in [6.45, 7) is 4.94. The number of hydrogen-bond acceptors (Lipinski definition) is 4. The molecule has 0 heterocycles. The first-order chi connectivity index (χ1) is 20.3. The Kier molecular flexibility index (Phi) is 27.9. The van der Waals surface area contributed by atoms with Gasteiger partial charge in [-0.15, -0.1) is 0 Å². The standard InChI is InChI=1S/C35H65NO6/c1-2-3-4-5-6-7-8-9-10-11-12-13-14-15-16-17-18-19-20-21-22-29-36(30-23-26-33(37)38,31-24-27-34(39)40)32-25-28-35(41)42/h19-20H,2-18,21-32H2,1H3,(H2-,37,38,39,40,41,42)/b20-19+. The Balaban J connectivity index is 4.09. The smallest absolute Gasteiger partial charge is 0.303 e. The number of aliphatic carboxylic acids is 3. The molecule has 0 amide bonds. The third-order valence-electron chi connectivity index (χ3n) is 8.45. The topological polar surface area (TPSA) is 115 Å². The van der Waals surface area contributed by atoms with E-state index in [-0.39, 0.29) is 19.3 Å². The zero-order chi connectivity index (χ0) is 31.2. The maximum Gasteiger partial charge on any atom is 0.303 e. The van der Waals surface area contributed by atoms with Crippen molar-refractivity contribution in [1.29, 1.82) is 0 Å². The molecule has 42 heavy (non-hydrogen) atoms. The van der Waals surface area contributed by atoms with Crippen LogP contribution in [0.25, 0.3) is 0 Å². The highest BCUT2D eigenvalue weighted by molar-refractivity contribution is 5.66. The Morgan fingerprint density at radius 3 is 1.21 bits per heavy atom. The Labute approximate surface area is 257 Å². The molecule has 7 heteroatoms. The lowest BCUT2D eigenvalue weighted by Crippen LogP contribution is -2.51. The number of carboxylic acid groups (broad SMARTS) is 3. The number of quaternary nitrogens is 1. The third kappa shape index (κ3) is 28.2. The van der Waals surface area contributed by atoms with Crippen molar-refractivity contribution >= 4 is 17.9 Å². The van der Waals surface area contributed by atoms with Crippen LogP contribution < -0.4 is 5.11 Å². The molecule has 0 fully saturated rings. The minimum Gasteiger partial charge on any atom is -0.550 e. The molecule has 0 aromatic carbocycles. The van der Waals surface area contributed by atoms with Crippen molar-refractivity contribution < 1.29 is 34.2 Å². The molecule has 7 nitrogen and oxygen atoms in total. The highest BCUT2D eigenvalue weighted by atomic mass is 16.4. The first-order valence-electron chi connectivity index (χ1n) is 17.4. The van der Waals surface area contributed by atoms with Crippen molar-refractivity contribution in [3.05, 3.63) is 12.2 Å². The van der Waals surface area contributed by atoms with Crippen LogP contribution in [0.2, 0.25) is 0 Å². The summed E-state index contributed by atoms with van der Waals surface area (Å²) in [6, 6.07) is 0. The first-order valence-corrected chi connectivity index (χ1v) is 17.4. The minimum absolute atomic E-state index is 0.0307. The quantitative estimate of drug-likeness (QED) is 0.0451. The van der Waals surface area contributed by atoms with Crippen LogP contribution in [0.5, 0.6) is 0 Å². The molecular formula is C35H65NO6. The zero-order valence-corrected chi connectivity index (χ0v) is 27.1. The molecule has 246 valence electrons. The average Bonchev–Trinajstić information content (AvgIpc) is 2.93. The van der Waals surface area contributed by atoms with Crippen LogP contribution in [0.3, 0.4) is 0 Å². The molecule has 0 aromatic rings. The van der Waals surface area contributed by atoms with Gasteiger partial charge < -0.3 is 24.6 Å². The summed E-state index contributed by atoms with van der Waals surface area (Å²) in [5, 5.41) is 29.1. The Hall–Kier alpha value is -1.89. The summed E-state index contributed by atoms with van der Waals surface area (Å²) < 4.78 is 0.584. The molecule has 0 radical (unpaired) electrons. The van der Waals surface area contributed by atoms with Crippen molar-refractivity contribution in [2.75, 3.05) is 26.2 Å². The van der Waals surface area contributed by atoms with Gasteiger partial charge in [-0.05, 0) is 25.7 Å². The molecule has 0 aliphatic rings. The summed E-state index contributed by atoms with van der Waals surface area (Å²) in [5.41, 5.74) is 0. The lowest BCUT2D eigenvalue weighted by Gasteiger charge is -2.39. The van der Waals surface area contributed by atoms with E-state index < -0.39 is 17.9 Å². The predicted octanol–water partition coefficient (Wildman–Crippen LogP) is 8.05. The number of hydrogen-bond donors (Lipinski definition) is 2. The SMILES string of the molecule is CCCCCCCCCCCCCCCCCC/C=C/CCC[N+](CCCC(=O)[O-])(CCCC(=O)O)CCCC(=O)O. The number of allylic oxidation sites excluding steroid dienone is 2. The fourth-order valence-electron chi connectivity index (χ4n) is 5.95. The van der Waals surface area contributed by atoms with Crippen LogP contribution in [0.4, 0.5) is 0 Å². The molecular weight excluding hydrogens is 530 g/mol. The van der Waals surface area contributed by atoms with Crippen molar-refractivity contribution in [3.8, 4) is 0 Å². The fourth-order valence-corrected chi connectivity index (χ4v) is 5.95. The number of carbonyl (C=O) groups is 3. The lowest BCUT2D eigenvalue weighted by molar-refractivity contribution is -0.928. The number of carbonyl (C=O) groups excluding carboxylic acids is 1. The van der Waals surface area contributed by atoms with E-state index >= 15 is 0 Å². The van der Waals surface area contributed by atoms with Crippen LogP contribution >= 0.6 is 0 Å². The molecule has 2 N–H and O–H groups in total. The van der Waals surface area contributed by atoms with Gasteiger partial charge in [0.2, 0.25) is 0 Å². The normalized spacial score (nSPS) is 11.8. The van der Waals surface area contributed by atoms with Crippen molar-refractivity contribution in [2.24, 2.45) is 0 Å². The van der Waals surface area contributed by atoms with Crippen molar-refractivity contribution in [3.63, 3.8) is 0 Å².